The molecule has 6 nitrogen and oxygen atoms in total. The van der Waals surface area contributed by atoms with Crippen molar-refractivity contribution in [2.24, 2.45) is 0 Å². The Morgan fingerprint density at radius 3 is 2.37 bits per heavy atom. The first-order chi connectivity index (χ1) is 12.9. The number of anilines is 1. The number of phenolic OH excluding ortho intramolecular Hbond substituents is 1. The third kappa shape index (κ3) is 4.89. The molecule has 0 unspecified atom stereocenters. The Kier molecular flexibility index (Phi) is 7.01. The first-order valence-corrected chi connectivity index (χ1v) is 8.98. The summed E-state index contributed by atoms with van der Waals surface area (Å²) in [6.45, 7) is 4.19. The fourth-order valence-corrected chi connectivity index (χ4v) is 2.79. The lowest BCUT2D eigenvalue weighted by Gasteiger charge is -2.16. The number of carbonyl (C=O) groups is 1. The quantitative estimate of drug-likeness (QED) is 0.512. The van der Waals surface area contributed by atoms with Gasteiger partial charge in [-0.3, -0.25) is 10.1 Å². The van der Waals surface area contributed by atoms with Crippen LogP contribution in [-0.2, 0) is 0 Å². The van der Waals surface area contributed by atoms with Crippen LogP contribution in [0.15, 0.2) is 36.4 Å². The van der Waals surface area contributed by atoms with Crippen LogP contribution in [0.25, 0.3) is 0 Å². The van der Waals surface area contributed by atoms with Gasteiger partial charge in [-0.15, -0.1) is 0 Å². The molecule has 0 radical (unpaired) electrons. The molecule has 2 aromatic carbocycles. The minimum atomic E-state index is -0.473. The van der Waals surface area contributed by atoms with Gasteiger partial charge >= 0.3 is 0 Å². The summed E-state index contributed by atoms with van der Waals surface area (Å²) in [5.41, 5.74) is 1.74. The molecule has 0 fully saturated rings. The Labute approximate surface area is 164 Å². The Hall–Kier alpha value is -2.80. The predicted molar refractivity (Wildman–Crippen MR) is 110 cm³/mol. The Morgan fingerprint density at radius 1 is 1.19 bits per heavy atom. The molecule has 0 spiro atoms. The van der Waals surface area contributed by atoms with Crippen LogP contribution in [0, 0.1) is 0 Å². The number of phenols is 1. The van der Waals surface area contributed by atoms with E-state index in [2.05, 4.69) is 24.5 Å². The molecule has 1 atom stereocenters. The van der Waals surface area contributed by atoms with Crippen LogP contribution in [-0.4, -0.2) is 30.3 Å². The number of aromatic hydroxyl groups is 1. The van der Waals surface area contributed by atoms with Gasteiger partial charge in [0, 0.05) is 0 Å². The maximum Gasteiger partial charge on any atom is 0.264 e. The van der Waals surface area contributed by atoms with Gasteiger partial charge in [0.1, 0.15) is 22.8 Å². The number of benzene rings is 2. The van der Waals surface area contributed by atoms with Crippen molar-refractivity contribution in [3.8, 4) is 17.2 Å². The summed E-state index contributed by atoms with van der Waals surface area (Å²) in [5.74, 6) is 0.660. The monoisotopic (exact) mass is 388 g/mol. The van der Waals surface area contributed by atoms with Crippen molar-refractivity contribution < 1.29 is 19.4 Å². The molecule has 0 heterocycles. The second kappa shape index (κ2) is 9.23. The second-order valence-electron chi connectivity index (χ2n) is 6.03. The zero-order chi connectivity index (χ0) is 20.0. The van der Waals surface area contributed by atoms with Crippen molar-refractivity contribution in [2.75, 3.05) is 19.5 Å². The zero-order valence-electron chi connectivity index (χ0n) is 15.8. The van der Waals surface area contributed by atoms with Gasteiger partial charge in [0.15, 0.2) is 5.11 Å². The van der Waals surface area contributed by atoms with Crippen LogP contribution in [0.3, 0.4) is 0 Å². The van der Waals surface area contributed by atoms with Crippen molar-refractivity contribution in [1.82, 2.24) is 5.32 Å². The average Bonchev–Trinajstić information content (AvgIpc) is 2.67. The van der Waals surface area contributed by atoms with E-state index < -0.39 is 5.91 Å². The molecule has 3 N–H and O–H groups in total. The van der Waals surface area contributed by atoms with Crippen LogP contribution < -0.4 is 20.1 Å². The lowest BCUT2D eigenvalue weighted by atomic mass is 9.98. The third-order valence-electron chi connectivity index (χ3n) is 4.33. The van der Waals surface area contributed by atoms with Crippen molar-refractivity contribution in [3.63, 3.8) is 0 Å². The number of methoxy groups -OCH3 is 2. The van der Waals surface area contributed by atoms with Crippen LogP contribution in [0.4, 0.5) is 5.69 Å². The van der Waals surface area contributed by atoms with E-state index in [4.69, 9.17) is 21.7 Å². The first kappa shape index (κ1) is 20.5. The van der Waals surface area contributed by atoms with E-state index in [-0.39, 0.29) is 16.4 Å². The molecule has 2 aromatic rings. The maximum absolute atomic E-state index is 12.7. The Balaban J connectivity index is 2.18. The van der Waals surface area contributed by atoms with Crippen LogP contribution in [0.1, 0.15) is 42.1 Å². The molecular weight excluding hydrogens is 364 g/mol. The highest BCUT2D eigenvalue weighted by atomic mass is 32.1. The number of ether oxygens (including phenoxy) is 2. The molecule has 0 aromatic heterocycles. The summed E-state index contributed by atoms with van der Waals surface area (Å²) < 4.78 is 10.5. The fraction of sp³-hybridized carbons (Fsp3) is 0.300. The van der Waals surface area contributed by atoms with Gasteiger partial charge in [-0.05, 0) is 54.4 Å². The van der Waals surface area contributed by atoms with E-state index in [1.807, 2.05) is 12.1 Å². The molecule has 144 valence electrons. The van der Waals surface area contributed by atoms with Gasteiger partial charge in [-0.2, -0.15) is 0 Å². The summed E-state index contributed by atoms with van der Waals surface area (Å²) in [6.07, 6.45) is 0.971. The summed E-state index contributed by atoms with van der Waals surface area (Å²) in [4.78, 5) is 12.7. The zero-order valence-corrected chi connectivity index (χ0v) is 16.6. The molecule has 0 aliphatic rings. The van der Waals surface area contributed by atoms with Crippen molar-refractivity contribution >= 4 is 28.9 Å². The van der Waals surface area contributed by atoms with Crippen molar-refractivity contribution in [3.05, 3.63) is 47.5 Å². The fourth-order valence-electron chi connectivity index (χ4n) is 2.59. The lowest BCUT2D eigenvalue weighted by Crippen LogP contribution is -2.34. The SMILES string of the molecule is CC[C@H](C)c1ccc(O)c(NC(=S)NC(=O)c2c(OC)cccc2OC)c1. The number of carbonyl (C=O) groups excluding carboxylic acids is 1. The number of rotatable bonds is 6. The van der Waals surface area contributed by atoms with Crippen LogP contribution >= 0.6 is 12.2 Å². The summed E-state index contributed by atoms with van der Waals surface area (Å²) in [6, 6.07) is 10.4. The van der Waals surface area contributed by atoms with Gasteiger partial charge in [0.05, 0.1) is 19.9 Å². The summed E-state index contributed by atoms with van der Waals surface area (Å²) >= 11 is 5.23. The predicted octanol–water partition coefficient (Wildman–Crippen LogP) is 4.05. The van der Waals surface area contributed by atoms with E-state index in [0.717, 1.165) is 12.0 Å². The van der Waals surface area contributed by atoms with Crippen LogP contribution in [0.2, 0.25) is 0 Å². The Bertz CT molecular complexity index is 816. The molecule has 0 saturated carbocycles. The molecule has 0 aliphatic heterocycles. The number of hydrogen-bond donors (Lipinski definition) is 3. The van der Waals surface area contributed by atoms with Crippen molar-refractivity contribution in [1.29, 1.82) is 0 Å². The third-order valence-corrected chi connectivity index (χ3v) is 4.54. The first-order valence-electron chi connectivity index (χ1n) is 8.57. The summed E-state index contributed by atoms with van der Waals surface area (Å²) in [5, 5.41) is 15.6. The topological polar surface area (TPSA) is 79.8 Å². The molecule has 0 bridgehead atoms. The average molecular weight is 388 g/mol. The second-order valence-corrected chi connectivity index (χ2v) is 6.44. The van der Waals surface area contributed by atoms with E-state index >= 15 is 0 Å². The van der Waals surface area contributed by atoms with Gasteiger partial charge in [-0.25, -0.2) is 0 Å². The summed E-state index contributed by atoms with van der Waals surface area (Å²) in [7, 11) is 2.95. The molecule has 2 rings (SSSR count). The van der Waals surface area contributed by atoms with Gasteiger partial charge < -0.3 is 19.9 Å². The molecular formula is C20H24N2O4S. The van der Waals surface area contributed by atoms with Gasteiger partial charge in [-0.1, -0.05) is 26.0 Å². The number of hydrogen-bond acceptors (Lipinski definition) is 5. The molecule has 0 aliphatic carbocycles. The van der Waals surface area contributed by atoms with E-state index in [9.17, 15) is 9.90 Å². The highest BCUT2D eigenvalue weighted by Crippen LogP contribution is 2.30. The minimum Gasteiger partial charge on any atom is -0.506 e. The van der Waals surface area contributed by atoms with Crippen molar-refractivity contribution in [2.45, 2.75) is 26.2 Å². The lowest BCUT2D eigenvalue weighted by molar-refractivity contribution is 0.0971. The smallest absolute Gasteiger partial charge is 0.264 e. The molecule has 27 heavy (non-hydrogen) atoms. The normalized spacial score (nSPS) is 11.4. The van der Waals surface area contributed by atoms with E-state index in [1.54, 1.807) is 24.3 Å². The number of amides is 1. The molecule has 0 saturated heterocycles. The standard InChI is InChI=1S/C20H24N2O4S/c1-5-12(2)13-9-10-15(23)14(11-13)21-20(27)22-19(24)18-16(25-3)7-6-8-17(18)26-4/h6-12,23H,5H2,1-4H3,(H2,21,22,24,27)/t12-/m0/s1. The van der Waals surface area contributed by atoms with Gasteiger partial charge in [0.25, 0.3) is 5.91 Å². The minimum absolute atomic E-state index is 0.0496. The molecule has 1 amide bonds. The Morgan fingerprint density at radius 2 is 1.81 bits per heavy atom. The molecule has 7 heteroatoms. The largest absolute Gasteiger partial charge is 0.506 e. The maximum atomic E-state index is 12.7. The van der Waals surface area contributed by atoms with Crippen LogP contribution in [0.5, 0.6) is 17.2 Å². The van der Waals surface area contributed by atoms with E-state index in [1.165, 1.54) is 14.2 Å². The highest BCUT2D eigenvalue weighted by molar-refractivity contribution is 7.80. The highest BCUT2D eigenvalue weighted by Gasteiger charge is 2.19. The van der Waals surface area contributed by atoms with E-state index in [0.29, 0.717) is 23.1 Å². The van der Waals surface area contributed by atoms with Gasteiger partial charge in [0.2, 0.25) is 0 Å². The number of thiocarbonyl (C=S) groups is 1. The number of nitrogens with one attached hydrogen (secondary N) is 2.